The predicted molar refractivity (Wildman–Crippen MR) is 324 cm³/mol. The number of amides is 3. The zero-order valence-corrected chi connectivity index (χ0v) is 52.4. The van der Waals surface area contributed by atoms with Crippen LogP contribution in [0.25, 0.3) is 0 Å². The van der Waals surface area contributed by atoms with Crippen LogP contribution in [0.5, 0.6) is 0 Å². The highest BCUT2D eigenvalue weighted by Crippen LogP contribution is 2.70. The van der Waals surface area contributed by atoms with Crippen LogP contribution < -0.4 is 0 Å². The van der Waals surface area contributed by atoms with Crippen molar-refractivity contribution in [2.75, 3.05) is 0 Å². The molecule has 6 bridgehead atoms. The van der Waals surface area contributed by atoms with Crippen molar-refractivity contribution in [2.45, 2.75) is 379 Å². The van der Waals surface area contributed by atoms with Gasteiger partial charge in [0, 0.05) is 71.8 Å². The molecule has 3 amide bonds. The predicted octanol–water partition coefficient (Wildman–Crippen LogP) is 16.0. The van der Waals surface area contributed by atoms with Crippen molar-refractivity contribution < 1.29 is 29.7 Å². The van der Waals surface area contributed by atoms with E-state index in [0.29, 0.717) is 91.0 Å². The third kappa shape index (κ3) is 11.7. The molecule has 0 saturated heterocycles. The van der Waals surface area contributed by atoms with E-state index < -0.39 is 0 Å². The first kappa shape index (κ1) is 61.4. The molecule has 8 unspecified atom stereocenters. The zero-order chi connectivity index (χ0) is 56.5. The van der Waals surface area contributed by atoms with Crippen molar-refractivity contribution in [1.29, 1.82) is 0 Å². The van der Waals surface area contributed by atoms with Crippen molar-refractivity contribution in [1.82, 2.24) is 14.7 Å². The van der Waals surface area contributed by atoms with Crippen LogP contribution in [0.15, 0.2) is 0 Å². The molecular weight excluding hydrogens is 991 g/mol. The lowest BCUT2D eigenvalue weighted by Crippen LogP contribution is -2.52. The Balaban J connectivity index is 0.000000135. The number of hydrogen-bond donors (Lipinski definition) is 3. The van der Waals surface area contributed by atoms with Gasteiger partial charge in [-0.15, -0.1) is 0 Å². The van der Waals surface area contributed by atoms with E-state index in [0.717, 1.165) is 51.4 Å². The van der Waals surface area contributed by atoms with Crippen molar-refractivity contribution in [2.24, 2.45) is 50.2 Å². The second kappa shape index (κ2) is 25.7. The first-order valence-corrected chi connectivity index (χ1v) is 35.3. The quantitative estimate of drug-likeness (QED) is 0.159. The zero-order valence-electron chi connectivity index (χ0n) is 52.4. The molecule has 9 atom stereocenters. The third-order valence-corrected chi connectivity index (χ3v) is 27.9. The highest BCUT2D eigenvalue weighted by atomic mass is 16.3. The van der Waals surface area contributed by atoms with Gasteiger partial charge in [-0.2, -0.15) is 0 Å². The minimum Gasteiger partial charge on any atom is -0.393 e. The van der Waals surface area contributed by atoms with Gasteiger partial charge in [-0.3, -0.25) is 14.4 Å². The van der Waals surface area contributed by atoms with E-state index in [-0.39, 0.29) is 50.8 Å². The summed E-state index contributed by atoms with van der Waals surface area (Å²) in [5.74, 6) is 3.08. The van der Waals surface area contributed by atoms with Crippen molar-refractivity contribution in [3.8, 4) is 0 Å². The van der Waals surface area contributed by atoms with Gasteiger partial charge in [-0.05, 0) is 182 Å². The fraction of sp³-hybridized carbons (Fsp3) is 0.958. The minimum atomic E-state index is -0.278. The van der Waals surface area contributed by atoms with Crippen LogP contribution in [0.2, 0.25) is 0 Å². The van der Waals surface area contributed by atoms with Crippen LogP contribution in [0.3, 0.4) is 0 Å². The van der Waals surface area contributed by atoms with Crippen LogP contribution in [-0.2, 0) is 14.4 Å². The van der Waals surface area contributed by atoms with Gasteiger partial charge < -0.3 is 30.0 Å². The molecule has 0 aromatic carbocycles. The summed E-state index contributed by atoms with van der Waals surface area (Å²) in [6.07, 6.45) is 50.8. The number of aliphatic hydroxyl groups is 3. The summed E-state index contributed by atoms with van der Waals surface area (Å²) < 4.78 is 0. The van der Waals surface area contributed by atoms with E-state index in [1.165, 1.54) is 212 Å². The van der Waals surface area contributed by atoms with E-state index >= 15 is 0 Å². The van der Waals surface area contributed by atoms with Crippen molar-refractivity contribution in [3.63, 3.8) is 0 Å². The molecule has 0 aromatic heterocycles. The van der Waals surface area contributed by atoms with Gasteiger partial charge in [0.25, 0.3) is 0 Å². The molecule has 3 N–H and O–H groups in total. The number of carbonyl (C=O) groups is 3. The molecule has 0 heterocycles. The van der Waals surface area contributed by atoms with Crippen LogP contribution in [-0.4, -0.2) is 102 Å². The highest BCUT2D eigenvalue weighted by molar-refractivity contribution is 5.79. The normalized spacial score (nSPS) is 37.2. The largest absolute Gasteiger partial charge is 0.393 e. The number of hydrogen-bond acceptors (Lipinski definition) is 6. The summed E-state index contributed by atoms with van der Waals surface area (Å²) >= 11 is 0. The van der Waals surface area contributed by atoms with Crippen LogP contribution in [0.1, 0.15) is 324 Å². The fourth-order valence-corrected chi connectivity index (χ4v) is 22.3. The van der Waals surface area contributed by atoms with Crippen LogP contribution in [0, 0.1) is 50.2 Å². The molecular formula is C71H121N3O6. The van der Waals surface area contributed by atoms with E-state index in [1.54, 1.807) is 0 Å². The number of carbonyl (C=O) groups excluding carboxylic acids is 3. The molecule has 12 aliphatic carbocycles. The maximum absolute atomic E-state index is 13.7. The molecule has 9 heteroatoms. The summed E-state index contributed by atoms with van der Waals surface area (Å²) in [5.41, 5.74) is 0.278. The molecule has 0 spiro atoms. The summed E-state index contributed by atoms with van der Waals surface area (Å²) in [7, 11) is 0. The second-order valence-corrected chi connectivity index (χ2v) is 31.9. The van der Waals surface area contributed by atoms with Gasteiger partial charge in [0.15, 0.2) is 0 Å². The standard InChI is InChI=1S/2C24H41NO2.C23H39NO2/c2*1-23(2)18-13-15-24(23,21(26)17-18)16-14-22(27)25(19-9-5-3-6-10-19)20-11-7-4-8-12-20;1-22(2)17-13-14-23(22,20(25)15-17)16-21(26)24(18-9-5-3-6-10-18)19-11-7-4-8-12-19/h2*18-21,26H,3-17H2,1-2H3;17-20,25H,3-16H2,1-2H3/t18-,21?,24?;;/m1../s1. The first-order chi connectivity index (χ1) is 38.4. The molecule has 0 aromatic rings. The monoisotopic (exact) mass is 1110 g/mol. The van der Waals surface area contributed by atoms with E-state index in [2.05, 4.69) is 56.2 Å². The maximum Gasteiger partial charge on any atom is 0.223 e. The number of rotatable bonds is 14. The maximum atomic E-state index is 13.7. The molecule has 80 heavy (non-hydrogen) atoms. The van der Waals surface area contributed by atoms with Gasteiger partial charge in [0.05, 0.1) is 18.3 Å². The molecule has 12 aliphatic rings. The van der Waals surface area contributed by atoms with Crippen LogP contribution in [0.4, 0.5) is 0 Å². The number of nitrogens with zero attached hydrogens (tertiary/aromatic N) is 3. The Kier molecular flexibility index (Phi) is 19.7. The lowest BCUT2D eigenvalue weighted by Gasteiger charge is -2.46. The van der Waals surface area contributed by atoms with E-state index in [1.807, 2.05) is 0 Å². The molecule has 12 rings (SSSR count). The Hall–Kier alpha value is -1.71. The van der Waals surface area contributed by atoms with Gasteiger partial charge in [-0.1, -0.05) is 157 Å². The first-order valence-electron chi connectivity index (χ1n) is 35.3. The summed E-state index contributed by atoms with van der Waals surface area (Å²) in [4.78, 5) is 47.9. The SMILES string of the molecule is CC1(C)C2CCC1(CC(=O)N(C1CCCCC1)C1CCCCC1)C(O)C2.CC1(C)C2CCC1(CCC(=O)N(C1CCCCC1)C1CCCCC1)C(O)C2.CC1(C)[C@@H]2CCC1(CCC(=O)N(C1CCCCC1)C1CCCCC1)C(O)C2. The Morgan fingerprint density at radius 2 is 0.550 bits per heavy atom. The number of aliphatic hydroxyl groups excluding tert-OH is 3. The summed E-state index contributed by atoms with van der Waals surface area (Å²) in [6.45, 7) is 14.0. The second-order valence-electron chi connectivity index (χ2n) is 31.9. The molecule has 0 radical (unpaired) electrons. The third-order valence-electron chi connectivity index (χ3n) is 27.9. The molecule has 456 valence electrons. The van der Waals surface area contributed by atoms with E-state index in [9.17, 15) is 29.7 Å². The van der Waals surface area contributed by atoms with Gasteiger partial charge in [0.1, 0.15) is 0 Å². The average molecular weight is 1110 g/mol. The Labute approximate surface area is 488 Å². The Morgan fingerprint density at radius 1 is 0.325 bits per heavy atom. The molecule has 12 fully saturated rings. The van der Waals surface area contributed by atoms with Gasteiger partial charge >= 0.3 is 0 Å². The lowest BCUT2D eigenvalue weighted by atomic mass is 9.65. The minimum absolute atomic E-state index is 0.0157. The van der Waals surface area contributed by atoms with Crippen molar-refractivity contribution in [3.05, 3.63) is 0 Å². The summed E-state index contributed by atoms with van der Waals surface area (Å²) in [5, 5.41) is 32.5. The van der Waals surface area contributed by atoms with Crippen molar-refractivity contribution >= 4 is 17.7 Å². The van der Waals surface area contributed by atoms with Gasteiger partial charge in [-0.25, -0.2) is 0 Å². The van der Waals surface area contributed by atoms with Crippen LogP contribution >= 0.6 is 0 Å². The molecule has 9 nitrogen and oxygen atoms in total. The summed E-state index contributed by atoms with van der Waals surface area (Å²) in [6, 6.07) is 2.90. The smallest absolute Gasteiger partial charge is 0.223 e. The fourth-order valence-electron chi connectivity index (χ4n) is 22.3. The van der Waals surface area contributed by atoms with Gasteiger partial charge in [0.2, 0.25) is 17.7 Å². The Bertz CT molecular complexity index is 1890. The molecule has 0 aliphatic heterocycles. The highest BCUT2D eigenvalue weighted by Gasteiger charge is 2.66. The topological polar surface area (TPSA) is 122 Å². The Morgan fingerprint density at radius 3 is 0.762 bits per heavy atom. The molecule has 12 saturated carbocycles. The average Bonchev–Trinajstić information content (AvgIpc) is 4.35. The van der Waals surface area contributed by atoms with E-state index in [4.69, 9.17) is 0 Å². The lowest BCUT2D eigenvalue weighted by molar-refractivity contribution is -0.145. The number of fused-ring (bicyclic) bond motifs is 6.